The van der Waals surface area contributed by atoms with Crippen LogP contribution in [0.25, 0.3) is 16.9 Å². The molecule has 0 atom stereocenters. The number of rotatable bonds is 1. The minimum absolute atomic E-state index is 0.602. The molecule has 128 valence electrons. The third-order valence-electron chi connectivity index (χ3n) is 3.57. The number of aromatic nitrogens is 2. The lowest BCUT2D eigenvalue weighted by atomic mass is 10.1. The number of halogens is 3. The smallest absolute Gasteiger partial charge is 0.292 e. The van der Waals surface area contributed by atoms with E-state index in [0.717, 1.165) is 17.8 Å². The molecule has 6 heteroatoms. The van der Waals surface area contributed by atoms with Crippen LogP contribution in [0.5, 0.6) is 0 Å². The third-order valence-corrected chi connectivity index (χ3v) is 4.45. The first-order valence-corrected chi connectivity index (χ1v) is 11.3. The van der Waals surface area contributed by atoms with Gasteiger partial charge in [0.25, 0.3) is 0 Å². The van der Waals surface area contributed by atoms with Crippen LogP contribution >= 0.6 is 0 Å². The molecule has 3 aromatic rings. The minimum atomic E-state index is -4.35. The molecule has 0 aliphatic heterocycles. The van der Waals surface area contributed by atoms with Crippen LogP contribution < -0.4 is 0 Å². The quantitative estimate of drug-likeness (QED) is 0.429. The lowest BCUT2D eigenvalue weighted by Gasteiger charge is -2.07. The Bertz CT molecular complexity index is 968. The summed E-state index contributed by atoms with van der Waals surface area (Å²) in [6.07, 6.45) is -2.48. The van der Waals surface area contributed by atoms with E-state index in [-0.39, 0.29) is 0 Å². The largest absolute Gasteiger partial charge is 0.416 e. The molecule has 2 heterocycles. The van der Waals surface area contributed by atoms with Crippen molar-refractivity contribution >= 4 is 13.7 Å². The molecule has 0 saturated heterocycles. The fourth-order valence-corrected chi connectivity index (χ4v) is 2.87. The molecule has 2 aromatic heterocycles. The Labute approximate surface area is 145 Å². The standard InChI is InChI=1S/C19H17F3N2Si/c1-25(2,3)13-11-16-18(23-17-6-4-5-12-24(16)17)14-7-9-15(10-8-14)19(20,21)22/h4-10,12H,1-3H3. The van der Waals surface area contributed by atoms with Crippen molar-refractivity contribution in [1.29, 1.82) is 0 Å². The van der Waals surface area contributed by atoms with Crippen LogP contribution in [0, 0.1) is 11.5 Å². The molecule has 0 aliphatic carbocycles. The van der Waals surface area contributed by atoms with E-state index in [1.165, 1.54) is 12.1 Å². The normalized spacial score (nSPS) is 12.1. The summed E-state index contributed by atoms with van der Waals surface area (Å²) in [5.41, 5.74) is 5.29. The number of pyridine rings is 1. The minimum Gasteiger partial charge on any atom is -0.292 e. The summed E-state index contributed by atoms with van der Waals surface area (Å²) in [7, 11) is -1.61. The van der Waals surface area contributed by atoms with Crippen molar-refractivity contribution in [3.8, 4) is 22.7 Å². The highest BCUT2D eigenvalue weighted by molar-refractivity contribution is 6.83. The Morgan fingerprint density at radius 3 is 2.28 bits per heavy atom. The summed E-state index contributed by atoms with van der Waals surface area (Å²) in [6.45, 7) is 6.42. The Hall–Kier alpha value is -2.52. The molecule has 0 spiro atoms. The van der Waals surface area contributed by atoms with Crippen LogP contribution in [0.15, 0.2) is 48.7 Å². The maximum Gasteiger partial charge on any atom is 0.416 e. The molecule has 0 saturated carbocycles. The topological polar surface area (TPSA) is 17.3 Å². The first kappa shape index (κ1) is 17.3. The predicted octanol–water partition coefficient (Wildman–Crippen LogP) is 5.25. The molecule has 0 radical (unpaired) electrons. The first-order chi connectivity index (χ1) is 11.6. The molecule has 0 fully saturated rings. The van der Waals surface area contributed by atoms with Gasteiger partial charge in [0.05, 0.1) is 5.56 Å². The van der Waals surface area contributed by atoms with Gasteiger partial charge in [0.2, 0.25) is 0 Å². The zero-order valence-electron chi connectivity index (χ0n) is 14.1. The van der Waals surface area contributed by atoms with Crippen molar-refractivity contribution in [2.45, 2.75) is 25.8 Å². The highest BCUT2D eigenvalue weighted by Crippen LogP contribution is 2.31. The number of nitrogens with zero attached hydrogens (tertiary/aromatic N) is 2. The van der Waals surface area contributed by atoms with Crippen molar-refractivity contribution in [1.82, 2.24) is 9.38 Å². The number of imidazole rings is 1. The monoisotopic (exact) mass is 358 g/mol. The second kappa shape index (κ2) is 6.08. The molecule has 2 nitrogen and oxygen atoms in total. The van der Waals surface area contributed by atoms with Crippen LogP contribution in [0.1, 0.15) is 11.3 Å². The van der Waals surface area contributed by atoms with E-state index >= 15 is 0 Å². The van der Waals surface area contributed by atoms with Gasteiger partial charge in [0.1, 0.15) is 25.1 Å². The molecule has 0 unspecified atom stereocenters. The van der Waals surface area contributed by atoms with Gasteiger partial charge in [-0.2, -0.15) is 13.2 Å². The second-order valence-electron chi connectivity index (χ2n) is 6.81. The molecule has 0 N–H and O–H groups in total. The Kier molecular flexibility index (Phi) is 4.21. The third kappa shape index (κ3) is 3.77. The van der Waals surface area contributed by atoms with Gasteiger partial charge in [-0.15, -0.1) is 5.54 Å². The number of fused-ring (bicyclic) bond motifs is 1. The average molecular weight is 358 g/mol. The number of hydrogen-bond donors (Lipinski definition) is 0. The molecular formula is C19H17F3N2Si. The zero-order valence-corrected chi connectivity index (χ0v) is 15.1. The van der Waals surface area contributed by atoms with Gasteiger partial charge in [0, 0.05) is 11.8 Å². The number of benzene rings is 1. The summed E-state index contributed by atoms with van der Waals surface area (Å²) < 4.78 is 40.2. The number of alkyl halides is 3. The Morgan fingerprint density at radius 2 is 1.68 bits per heavy atom. The van der Waals surface area contributed by atoms with Crippen molar-refractivity contribution < 1.29 is 13.2 Å². The SMILES string of the molecule is C[Si](C)(C)C#Cc1c(-c2ccc(C(F)(F)F)cc2)nc2ccccn12. The highest BCUT2D eigenvalue weighted by atomic mass is 28.3. The van der Waals surface area contributed by atoms with Gasteiger partial charge in [-0.25, -0.2) is 4.98 Å². The second-order valence-corrected chi connectivity index (χ2v) is 11.6. The summed E-state index contributed by atoms with van der Waals surface area (Å²) in [5.74, 6) is 3.21. The molecule has 0 amide bonds. The molecule has 0 aliphatic rings. The van der Waals surface area contributed by atoms with Crippen molar-refractivity contribution in [2.75, 3.05) is 0 Å². The van der Waals surface area contributed by atoms with Gasteiger partial charge in [-0.05, 0) is 24.3 Å². The summed E-state index contributed by atoms with van der Waals surface area (Å²) in [5, 5.41) is 0. The van der Waals surface area contributed by atoms with Crippen LogP contribution in [-0.4, -0.2) is 17.5 Å². The van der Waals surface area contributed by atoms with Gasteiger partial charge in [-0.3, -0.25) is 4.40 Å². The zero-order chi connectivity index (χ0) is 18.2. The van der Waals surface area contributed by atoms with Gasteiger partial charge in [-0.1, -0.05) is 43.8 Å². The van der Waals surface area contributed by atoms with Crippen molar-refractivity contribution in [2.24, 2.45) is 0 Å². The molecule has 0 bridgehead atoms. The number of hydrogen-bond acceptors (Lipinski definition) is 1. The summed E-state index contributed by atoms with van der Waals surface area (Å²) in [4.78, 5) is 4.57. The highest BCUT2D eigenvalue weighted by Gasteiger charge is 2.30. The maximum atomic E-state index is 12.8. The van der Waals surface area contributed by atoms with E-state index in [9.17, 15) is 13.2 Å². The Morgan fingerprint density at radius 1 is 1.00 bits per heavy atom. The lowest BCUT2D eigenvalue weighted by Crippen LogP contribution is -2.16. The van der Waals surface area contributed by atoms with E-state index < -0.39 is 19.8 Å². The first-order valence-electron chi connectivity index (χ1n) is 7.83. The lowest BCUT2D eigenvalue weighted by molar-refractivity contribution is -0.137. The van der Waals surface area contributed by atoms with Crippen LogP contribution in [-0.2, 0) is 6.18 Å². The van der Waals surface area contributed by atoms with Crippen molar-refractivity contribution in [3.63, 3.8) is 0 Å². The van der Waals surface area contributed by atoms with Crippen LogP contribution in [0.3, 0.4) is 0 Å². The predicted molar refractivity (Wildman–Crippen MR) is 95.9 cm³/mol. The molecule has 1 aromatic carbocycles. The Balaban J connectivity index is 2.17. The van der Waals surface area contributed by atoms with E-state index in [0.29, 0.717) is 17.0 Å². The van der Waals surface area contributed by atoms with E-state index in [1.54, 1.807) is 0 Å². The van der Waals surface area contributed by atoms with Crippen molar-refractivity contribution in [3.05, 3.63) is 59.9 Å². The average Bonchev–Trinajstić information content (AvgIpc) is 2.90. The molecular weight excluding hydrogens is 341 g/mol. The summed E-state index contributed by atoms with van der Waals surface area (Å²) in [6, 6.07) is 10.7. The van der Waals surface area contributed by atoms with Gasteiger partial charge >= 0.3 is 6.18 Å². The van der Waals surface area contributed by atoms with E-state index in [4.69, 9.17) is 0 Å². The van der Waals surface area contributed by atoms with Crippen LogP contribution in [0.4, 0.5) is 13.2 Å². The fourth-order valence-electron chi connectivity index (χ4n) is 2.38. The maximum absolute atomic E-state index is 12.8. The molecule has 25 heavy (non-hydrogen) atoms. The molecule has 3 rings (SSSR count). The fraction of sp³-hybridized carbons (Fsp3) is 0.211. The van der Waals surface area contributed by atoms with E-state index in [1.807, 2.05) is 28.8 Å². The van der Waals surface area contributed by atoms with Gasteiger partial charge in [0.15, 0.2) is 0 Å². The van der Waals surface area contributed by atoms with Crippen LogP contribution in [0.2, 0.25) is 19.6 Å². The van der Waals surface area contributed by atoms with Gasteiger partial charge < -0.3 is 0 Å². The van der Waals surface area contributed by atoms with E-state index in [2.05, 4.69) is 36.1 Å². The summed E-state index contributed by atoms with van der Waals surface area (Å²) >= 11 is 0.